The number of carbonyl (C=O) groups is 1. The van der Waals surface area contributed by atoms with E-state index in [1.54, 1.807) is 24.3 Å². The summed E-state index contributed by atoms with van der Waals surface area (Å²) in [6.45, 7) is 0.0322. The molecule has 2 N–H and O–H groups in total. The number of anilines is 1. The topological polar surface area (TPSA) is 75.3 Å². The number of carbonyl (C=O) groups excluding carboxylic acids is 1. The largest absolute Gasteiger partial charge is 0.326 e. The molecule has 2 aromatic rings. The molecule has 0 aliphatic heterocycles. The van der Waals surface area contributed by atoms with Crippen LogP contribution in [0.25, 0.3) is 0 Å². The Balaban J connectivity index is 1.67. The van der Waals surface area contributed by atoms with Gasteiger partial charge in [0.25, 0.3) is 0 Å². The van der Waals surface area contributed by atoms with Crippen molar-refractivity contribution in [3.63, 3.8) is 0 Å². The van der Waals surface area contributed by atoms with Gasteiger partial charge in [0.15, 0.2) is 0 Å². The molecule has 0 unspecified atom stereocenters. The number of hydrogen-bond donors (Lipinski definition) is 2. The van der Waals surface area contributed by atoms with Gasteiger partial charge in [-0.2, -0.15) is 0 Å². The number of hydrogen-bond acceptors (Lipinski definition) is 3. The van der Waals surface area contributed by atoms with E-state index in [9.17, 15) is 17.6 Å². The molecule has 0 bridgehead atoms. The van der Waals surface area contributed by atoms with Crippen molar-refractivity contribution < 1.29 is 17.6 Å². The van der Waals surface area contributed by atoms with Crippen molar-refractivity contribution in [2.75, 3.05) is 5.32 Å². The Hall–Kier alpha value is -1.96. The fourth-order valence-electron chi connectivity index (χ4n) is 2.25. The molecule has 1 aliphatic carbocycles. The molecule has 1 amide bonds. The van der Waals surface area contributed by atoms with Crippen LogP contribution >= 0.6 is 11.6 Å². The van der Waals surface area contributed by atoms with Crippen LogP contribution in [0.4, 0.5) is 10.1 Å². The van der Waals surface area contributed by atoms with Gasteiger partial charge in [0.2, 0.25) is 15.9 Å². The van der Waals surface area contributed by atoms with Gasteiger partial charge in [-0.05, 0) is 48.7 Å². The summed E-state index contributed by atoms with van der Waals surface area (Å²) >= 11 is 5.63. The van der Waals surface area contributed by atoms with Gasteiger partial charge in [0.05, 0.1) is 9.92 Å². The average Bonchev–Trinajstić information content (AvgIpc) is 3.41. The monoisotopic (exact) mass is 382 g/mol. The molecule has 2 aromatic carbocycles. The van der Waals surface area contributed by atoms with Crippen LogP contribution in [-0.4, -0.2) is 14.3 Å². The third-order valence-corrected chi connectivity index (χ3v) is 5.50. The molecule has 25 heavy (non-hydrogen) atoms. The van der Waals surface area contributed by atoms with Gasteiger partial charge in [-0.15, -0.1) is 0 Å². The van der Waals surface area contributed by atoms with Crippen molar-refractivity contribution in [1.29, 1.82) is 0 Å². The highest BCUT2D eigenvalue weighted by Gasteiger charge is 2.29. The third kappa shape index (κ3) is 4.56. The van der Waals surface area contributed by atoms with Crippen molar-refractivity contribution in [2.24, 2.45) is 5.92 Å². The Labute approximate surface area is 150 Å². The molecule has 0 aromatic heterocycles. The van der Waals surface area contributed by atoms with Crippen molar-refractivity contribution in [3.05, 3.63) is 58.9 Å². The van der Waals surface area contributed by atoms with Gasteiger partial charge in [-0.25, -0.2) is 17.5 Å². The molecule has 0 saturated heterocycles. The number of amides is 1. The van der Waals surface area contributed by atoms with Crippen LogP contribution in [0.15, 0.2) is 47.4 Å². The average molecular weight is 383 g/mol. The first-order valence-electron chi connectivity index (χ1n) is 7.70. The minimum Gasteiger partial charge on any atom is -0.326 e. The lowest BCUT2D eigenvalue weighted by Gasteiger charge is -2.09. The van der Waals surface area contributed by atoms with Crippen LogP contribution in [-0.2, 0) is 21.4 Å². The maximum Gasteiger partial charge on any atom is 0.240 e. The molecule has 5 nitrogen and oxygen atoms in total. The number of nitrogens with one attached hydrogen (secondary N) is 2. The normalized spacial score (nSPS) is 14.3. The van der Waals surface area contributed by atoms with E-state index < -0.39 is 15.8 Å². The third-order valence-electron chi connectivity index (χ3n) is 3.81. The summed E-state index contributed by atoms with van der Waals surface area (Å²) < 4.78 is 40.1. The molecule has 1 aliphatic rings. The summed E-state index contributed by atoms with van der Waals surface area (Å²) in [6.07, 6.45) is 1.82. The van der Waals surface area contributed by atoms with E-state index in [1.165, 1.54) is 0 Å². The lowest BCUT2D eigenvalue weighted by atomic mass is 10.2. The molecule has 0 radical (unpaired) electrons. The van der Waals surface area contributed by atoms with E-state index in [0.717, 1.165) is 31.0 Å². The van der Waals surface area contributed by atoms with E-state index in [-0.39, 0.29) is 28.3 Å². The Morgan fingerprint density at radius 1 is 1.20 bits per heavy atom. The van der Waals surface area contributed by atoms with Crippen LogP contribution in [0.5, 0.6) is 0 Å². The predicted octanol–water partition coefficient (Wildman–Crippen LogP) is 3.31. The molecule has 132 valence electrons. The maximum atomic E-state index is 13.2. The minimum absolute atomic E-state index is 0.0151. The van der Waals surface area contributed by atoms with E-state index >= 15 is 0 Å². The number of benzene rings is 2. The molecular formula is C17H16ClFN2O3S. The lowest BCUT2D eigenvalue weighted by Crippen LogP contribution is -2.23. The fraction of sp³-hybridized carbons (Fsp3) is 0.235. The summed E-state index contributed by atoms with van der Waals surface area (Å²) in [6, 6.07) is 10.2. The quantitative estimate of drug-likeness (QED) is 0.804. The summed E-state index contributed by atoms with van der Waals surface area (Å²) in [5, 5.41) is 2.55. The molecule has 1 saturated carbocycles. The Kier molecular flexibility index (Phi) is 5.08. The number of sulfonamides is 1. The molecule has 0 spiro atoms. The highest BCUT2D eigenvalue weighted by molar-refractivity contribution is 7.89. The van der Waals surface area contributed by atoms with E-state index in [4.69, 9.17) is 11.6 Å². The summed E-state index contributed by atoms with van der Waals surface area (Å²) in [4.78, 5) is 11.7. The van der Waals surface area contributed by atoms with Gasteiger partial charge in [0, 0.05) is 18.2 Å². The van der Waals surface area contributed by atoms with Crippen LogP contribution in [0, 0.1) is 11.7 Å². The van der Waals surface area contributed by atoms with Gasteiger partial charge < -0.3 is 5.32 Å². The standard InChI is InChI=1S/C17H16ClFN2O3S/c18-15-9-14(6-7-16(15)19)25(23,24)20-10-11-2-1-3-13(8-11)21-17(22)12-4-5-12/h1-3,6-9,12,20H,4-5,10H2,(H,21,22). The van der Waals surface area contributed by atoms with E-state index in [2.05, 4.69) is 10.0 Å². The smallest absolute Gasteiger partial charge is 0.240 e. The SMILES string of the molecule is O=C(Nc1cccc(CNS(=O)(=O)c2ccc(F)c(Cl)c2)c1)C1CC1. The first kappa shape index (κ1) is 17.8. The van der Waals surface area contributed by atoms with Crippen LogP contribution in [0.2, 0.25) is 5.02 Å². The zero-order valence-electron chi connectivity index (χ0n) is 13.1. The van der Waals surface area contributed by atoms with Crippen molar-refractivity contribution in [3.8, 4) is 0 Å². The van der Waals surface area contributed by atoms with E-state index in [0.29, 0.717) is 11.3 Å². The second kappa shape index (κ2) is 7.11. The summed E-state index contributed by atoms with van der Waals surface area (Å²) in [7, 11) is -3.83. The molecule has 0 heterocycles. The lowest BCUT2D eigenvalue weighted by molar-refractivity contribution is -0.117. The van der Waals surface area contributed by atoms with Gasteiger partial charge in [-0.1, -0.05) is 23.7 Å². The minimum atomic E-state index is -3.83. The molecule has 3 rings (SSSR count). The zero-order chi connectivity index (χ0) is 18.0. The van der Waals surface area contributed by atoms with E-state index in [1.807, 2.05) is 0 Å². The molecule has 8 heteroatoms. The molecule has 1 fully saturated rings. The highest BCUT2D eigenvalue weighted by atomic mass is 35.5. The van der Waals surface area contributed by atoms with Gasteiger partial charge >= 0.3 is 0 Å². The highest BCUT2D eigenvalue weighted by Crippen LogP contribution is 2.30. The summed E-state index contributed by atoms with van der Waals surface area (Å²) in [5.74, 6) is -0.608. The van der Waals surface area contributed by atoms with Crippen LogP contribution < -0.4 is 10.0 Å². The van der Waals surface area contributed by atoms with Crippen molar-refractivity contribution >= 4 is 33.2 Å². The predicted molar refractivity (Wildman–Crippen MR) is 93.2 cm³/mol. The van der Waals surface area contributed by atoms with Gasteiger partial charge in [0.1, 0.15) is 5.82 Å². The van der Waals surface area contributed by atoms with Crippen LogP contribution in [0.3, 0.4) is 0 Å². The van der Waals surface area contributed by atoms with Crippen molar-refractivity contribution in [1.82, 2.24) is 4.72 Å². The molecule has 0 atom stereocenters. The maximum absolute atomic E-state index is 13.2. The zero-order valence-corrected chi connectivity index (χ0v) is 14.7. The second-order valence-electron chi connectivity index (χ2n) is 5.86. The number of rotatable bonds is 6. The summed E-state index contributed by atoms with van der Waals surface area (Å²) in [5.41, 5.74) is 1.31. The van der Waals surface area contributed by atoms with Crippen LogP contribution in [0.1, 0.15) is 18.4 Å². The second-order valence-corrected chi connectivity index (χ2v) is 8.04. The Bertz CT molecular complexity index is 914. The Morgan fingerprint density at radius 2 is 1.96 bits per heavy atom. The van der Waals surface area contributed by atoms with Crippen molar-refractivity contribution in [2.45, 2.75) is 24.3 Å². The Morgan fingerprint density at radius 3 is 2.64 bits per heavy atom. The fourth-order valence-corrected chi connectivity index (χ4v) is 3.54. The molecular weight excluding hydrogens is 367 g/mol. The number of halogens is 2. The van der Waals surface area contributed by atoms with Gasteiger partial charge in [-0.3, -0.25) is 4.79 Å². The first-order chi connectivity index (χ1) is 11.8. The first-order valence-corrected chi connectivity index (χ1v) is 9.56.